The molecule has 4 aromatic rings. The van der Waals surface area contributed by atoms with Gasteiger partial charge in [0.05, 0.1) is 20.8 Å². The monoisotopic (exact) mass is 418 g/mol. The lowest BCUT2D eigenvalue weighted by Gasteiger charge is -2.14. The molecule has 6 nitrogen and oxygen atoms in total. The second kappa shape index (κ2) is 9.18. The maximum absolute atomic E-state index is 9.10. The summed E-state index contributed by atoms with van der Waals surface area (Å²) < 4.78 is 16.7. The molecule has 0 saturated heterocycles. The van der Waals surface area contributed by atoms with Gasteiger partial charge in [-0.2, -0.15) is 0 Å². The minimum atomic E-state index is -0.0389. The van der Waals surface area contributed by atoms with Gasteiger partial charge < -0.3 is 19.3 Å². The molecule has 2 aromatic carbocycles. The van der Waals surface area contributed by atoms with Gasteiger partial charge in [0.2, 0.25) is 0 Å². The first-order valence-corrected chi connectivity index (χ1v) is 10.3. The number of aromatic nitrogens is 2. The molecule has 1 N–H and O–H groups in total. The smallest absolute Gasteiger partial charge is 0.161 e. The number of rotatable bonds is 8. The predicted octanol–water partition coefficient (Wildman–Crippen LogP) is 4.32. The number of aliphatic hydroxyl groups is 1. The summed E-state index contributed by atoms with van der Waals surface area (Å²) in [5, 5.41) is 12.2. The van der Waals surface area contributed by atoms with E-state index in [9.17, 15) is 0 Å². The van der Waals surface area contributed by atoms with Crippen LogP contribution in [0.3, 0.4) is 0 Å². The van der Waals surface area contributed by atoms with Crippen LogP contribution in [0.25, 0.3) is 21.7 Å². The van der Waals surface area contributed by atoms with E-state index in [1.807, 2.05) is 48.7 Å². The highest BCUT2D eigenvalue weighted by molar-refractivity contribution is 5.91. The van der Waals surface area contributed by atoms with Crippen LogP contribution in [0.5, 0.6) is 17.2 Å². The Morgan fingerprint density at radius 2 is 1.71 bits per heavy atom. The second-order valence-corrected chi connectivity index (χ2v) is 7.22. The summed E-state index contributed by atoms with van der Waals surface area (Å²) >= 11 is 0. The largest absolute Gasteiger partial charge is 0.493 e. The van der Waals surface area contributed by atoms with E-state index in [1.165, 1.54) is 0 Å². The molecule has 0 radical (unpaired) electrons. The van der Waals surface area contributed by atoms with Gasteiger partial charge in [-0.15, -0.1) is 0 Å². The van der Waals surface area contributed by atoms with E-state index in [4.69, 9.17) is 29.3 Å². The van der Waals surface area contributed by atoms with Crippen LogP contribution >= 0.6 is 0 Å². The average Bonchev–Trinajstić information content (AvgIpc) is 2.82. The number of hydrogen-bond donors (Lipinski definition) is 1. The molecule has 0 amide bonds. The van der Waals surface area contributed by atoms with Gasteiger partial charge in [0.15, 0.2) is 11.5 Å². The molecule has 0 bridgehead atoms. The summed E-state index contributed by atoms with van der Waals surface area (Å²) in [6, 6.07) is 13.9. The van der Waals surface area contributed by atoms with Gasteiger partial charge in [-0.05, 0) is 41.6 Å². The van der Waals surface area contributed by atoms with Gasteiger partial charge >= 0.3 is 0 Å². The van der Waals surface area contributed by atoms with Gasteiger partial charge in [-0.1, -0.05) is 25.1 Å². The Kier molecular flexibility index (Phi) is 6.18. The summed E-state index contributed by atoms with van der Waals surface area (Å²) in [4.78, 5) is 9.55. The fraction of sp³-hybridized carbons (Fsp3) is 0.280. The summed E-state index contributed by atoms with van der Waals surface area (Å²) in [6.07, 6.45) is 3.37. The standard InChI is InChI=1S/C25H26N2O4/c1-4-21-20-14-24(30-3)23(29-2)13-19(20)17(15-26-21)12-18-9-8-16-6-5-7-22(25(16)27-18)31-11-10-28/h5-9,13-15,28H,4,10-12H2,1-3H3. The first-order chi connectivity index (χ1) is 15.2. The first-order valence-electron chi connectivity index (χ1n) is 10.3. The molecule has 0 aliphatic rings. The normalized spacial score (nSPS) is 11.1. The average molecular weight is 418 g/mol. The lowest BCUT2D eigenvalue weighted by atomic mass is 9.99. The van der Waals surface area contributed by atoms with E-state index < -0.39 is 0 Å². The number of aliphatic hydroxyl groups excluding tert-OH is 1. The zero-order chi connectivity index (χ0) is 21.8. The topological polar surface area (TPSA) is 73.7 Å². The number of hydrogen-bond acceptors (Lipinski definition) is 6. The number of nitrogens with zero attached hydrogens (tertiary/aromatic N) is 2. The Morgan fingerprint density at radius 3 is 2.42 bits per heavy atom. The Balaban J connectivity index is 1.80. The van der Waals surface area contributed by atoms with E-state index >= 15 is 0 Å². The van der Waals surface area contributed by atoms with Crippen molar-refractivity contribution in [1.29, 1.82) is 0 Å². The van der Waals surface area contributed by atoms with Crippen LogP contribution < -0.4 is 14.2 Å². The predicted molar refractivity (Wildman–Crippen MR) is 121 cm³/mol. The third-order valence-corrected chi connectivity index (χ3v) is 5.35. The van der Waals surface area contributed by atoms with Gasteiger partial charge in [0.25, 0.3) is 0 Å². The van der Waals surface area contributed by atoms with Crippen molar-refractivity contribution in [3.05, 3.63) is 65.6 Å². The van der Waals surface area contributed by atoms with Crippen LogP contribution in [0, 0.1) is 0 Å². The molecule has 31 heavy (non-hydrogen) atoms. The third kappa shape index (κ3) is 4.11. The number of pyridine rings is 2. The quantitative estimate of drug-likeness (QED) is 0.459. The van der Waals surface area contributed by atoms with Crippen LogP contribution in [0.4, 0.5) is 0 Å². The lowest BCUT2D eigenvalue weighted by Crippen LogP contribution is -2.03. The SMILES string of the molecule is CCc1ncc(Cc2ccc3cccc(OCCO)c3n2)c2cc(OC)c(OC)cc12. The Labute approximate surface area is 181 Å². The zero-order valence-electron chi connectivity index (χ0n) is 18.0. The van der Waals surface area contributed by atoms with E-state index in [1.54, 1.807) is 14.2 Å². The van der Waals surface area contributed by atoms with E-state index in [0.717, 1.165) is 45.0 Å². The van der Waals surface area contributed by atoms with E-state index in [-0.39, 0.29) is 13.2 Å². The molecule has 2 heterocycles. The van der Waals surface area contributed by atoms with Crippen molar-refractivity contribution < 1.29 is 19.3 Å². The van der Waals surface area contributed by atoms with Crippen molar-refractivity contribution >= 4 is 21.7 Å². The fourth-order valence-electron chi connectivity index (χ4n) is 3.83. The minimum absolute atomic E-state index is 0.0389. The van der Waals surface area contributed by atoms with Crippen LogP contribution in [-0.4, -0.2) is 42.5 Å². The molecule has 6 heteroatoms. The van der Waals surface area contributed by atoms with Crippen molar-refractivity contribution in [1.82, 2.24) is 9.97 Å². The van der Waals surface area contributed by atoms with E-state index in [0.29, 0.717) is 23.7 Å². The van der Waals surface area contributed by atoms with Crippen molar-refractivity contribution in [2.24, 2.45) is 0 Å². The molecule has 2 aromatic heterocycles. The number of methoxy groups -OCH3 is 2. The number of para-hydroxylation sites is 1. The van der Waals surface area contributed by atoms with Crippen molar-refractivity contribution in [3.63, 3.8) is 0 Å². The molecule has 0 aliphatic heterocycles. The maximum atomic E-state index is 9.10. The summed E-state index contributed by atoms with van der Waals surface area (Å²) in [5.74, 6) is 2.05. The lowest BCUT2D eigenvalue weighted by molar-refractivity contribution is 0.202. The Bertz CT molecular complexity index is 1220. The number of ether oxygens (including phenoxy) is 3. The van der Waals surface area contributed by atoms with Crippen molar-refractivity contribution in [3.8, 4) is 17.2 Å². The highest BCUT2D eigenvalue weighted by atomic mass is 16.5. The number of fused-ring (bicyclic) bond motifs is 2. The molecule has 0 atom stereocenters. The van der Waals surface area contributed by atoms with Crippen LogP contribution in [0.2, 0.25) is 0 Å². The summed E-state index contributed by atoms with van der Waals surface area (Å²) in [5.41, 5.74) is 3.78. The van der Waals surface area contributed by atoms with Crippen LogP contribution in [-0.2, 0) is 12.8 Å². The zero-order valence-corrected chi connectivity index (χ0v) is 18.0. The third-order valence-electron chi connectivity index (χ3n) is 5.35. The molecule has 160 valence electrons. The molecule has 0 spiro atoms. The number of aryl methyl sites for hydroxylation is 1. The summed E-state index contributed by atoms with van der Waals surface area (Å²) in [6.45, 7) is 2.29. The van der Waals surface area contributed by atoms with Crippen molar-refractivity contribution in [2.75, 3.05) is 27.4 Å². The van der Waals surface area contributed by atoms with Crippen molar-refractivity contribution in [2.45, 2.75) is 19.8 Å². The Morgan fingerprint density at radius 1 is 0.935 bits per heavy atom. The van der Waals surface area contributed by atoms with Gasteiger partial charge in [-0.25, -0.2) is 4.98 Å². The molecule has 4 rings (SSSR count). The van der Waals surface area contributed by atoms with Gasteiger partial charge in [-0.3, -0.25) is 4.98 Å². The molecule has 0 fully saturated rings. The van der Waals surface area contributed by atoms with E-state index in [2.05, 4.69) is 6.92 Å². The highest BCUT2D eigenvalue weighted by Crippen LogP contribution is 2.35. The molecule has 0 unspecified atom stereocenters. The number of benzene rings is 2. The maximum Gasteiger partial charge on any atom is 0.161 e. The first kappa shape index (κ1) is 20.9. The molecular formula is C25H26N2O4. The molecular weight excluding hydrogens is 392 g/mol. The summed E-state index contributed by atoms with van der Waals surface area (Å²) in [7, 11) is 3.28. The minimum Gasteiger partial charge on any atom is -0.493 e. The van der Waals surface area contributed by atoms with Gasteiger partial charge in [0.1, 0.15) is 17.9 Å². The Hall–Kier alpha value is -3.38. The molecule has 0 saturated carbocycles. The van der Waals surface area contributed by atoms with Gasteiger partial charge in [0, 0.05) is 34.8 Å². The highest BCUT2D eigenvalue weighted by Gasteiger charge is 2.14. The van der Waals surface area contributed by atoms with Crippen LogP contribution in [0.1, 0.15) is 23.9 Å². The van der Waals surface area contributed by atoms with Crippen LogP contribution in [0.15, 0.2) is 48.7 Å². The fourth-order valence-corrected chi connectivity index (χ4v) is 3.83. The molecule has 0 aliphatic carbocycles. The second-order valence-electron chi connectivity index (χ2n) is 7.22.